The summed E-state index contributed by atoms with van der Waals surface area (Å²) < 4.78 is 4.96. The molecule has 3 heterocycles. The average Bonchev–Trinajstić information content (AvgIpc) is 3.29. The fourth-order valence-electron chi connectivity index (χ4n) is 3.29. The summed E-state index contributed by atoms with van der Waals surface area (Å²) >= 11 is 0. The van der Waals surface area contributed by atoms with Crippen molar-refractivity contribution >= 4 is 28.5 Å². The second-order valence-corrected chi connectivity index (χ2v) is 6.25. The minimum absolute atomic E-state index is 0.0123. The maximum Gasteiger partial charge on any atom is 0.248 e. The Hall–Kier alpha value is -3.09. The summed E-state index contributed by atoms with van der Waals surface area (Å²) in [4.78, 5) is 29.7. The molecule has 7 heteroatoms. The Kier molecular flexibility index (Phi) is 3.76. The van der Waals surface area contributed by atoms with Crippen LogP contribution in [0.5, 0.6) is 0 Å². The van der Waals surface area contributed by atoms with E-state index in [1.54, 1.807) is 17.9 Å². The second kappa shape index (κ2) is 6.08. The Balaban J connectivity index is 1.54. The Morgan fingerprint density at radius 3 is 3.08 bits per heavy atom. The number of amides is 2. The molecule has 7 nitrogen and oxygen atoms in total. The average molecular weight is 338 g/mol. The monoisotopic (exact) mass is 338 g/mol. The molecule has 128 valence electrons. The third-order valence-electron chi connectivity index (χ3n) is 4.53. The molecule has 1 saturated heterocycles. The van der Waals surface area contributed by atoms with E-state index in [9.17, 15) is 9.59 Å². The van der Waals surface area contributed by atoms with Gasteiger partial charge in [-0.25, -0.2) is 0 Å². The molecule has 0 spiro atoms. The number of carbonyl (C=O) groups is 2. The van der Waals surface area contributed by atoms with E-state index in [1.165, 1.54) is 0 Å². The molecule has 2 amide bonds. The molecule has 4 rings (SSSR count). The van der Waals surface area contributed by atoms with Crippen molar-refractivity contribution in [3.63, 3.8) is 0 Å². The molecule has 1 aromatic carbocycles. The highest BCUT2D eigenvalue weighted by molar-refractivity contribution is 5.98. The molecular formula is C18H18N4O3. The van der Waals surface area contributed by atoms with Gasteiger partial charge in [-0.1, -0.05) is 23.4 Å². The van der Waals surface area contributed by atoms with Gasteiger partial charge in [0.1, 0.15) is 11.8 Å². The highest BCUT2D eigenvalue weighted by Gasteiger charge is 2.36. The molecule has 0 aliphatic carbocycles. The number of H-pyrrole nitrogens is 1. The standard InChI is InChI=1S/C18H18N4O3/c1-11-8-16(21-25-11)20-18(24)15-6-7-17(23)22(15)10-12-9-19-14-5-3-2-4-13(12)14/h2-5,8-9,15,19H,6-7,10H2,1H3,(H,20,21,24). The van der Waals surface area contributed by atoms with Crippen LogP contribution >= 0.6 is 0 Å². The van der Waals surface area contributed by atoms with Crippen LogP contribution in [0, 0.1) is 6.92 Å². The number of aryl methyl sites for hydroxylation is 1. The molecule has 1 unspecified atom stereocenters. The first-order valence-electron chi connectivity index (χ1n) is 8.20. The van der Waals surface area contributed by atoms with Crippen LogP contribution in [-0.2, 0) is 16.1 Å². The Bertz CT molecular complexity index is 943. The summed E-state index contributed by atoms with van der Waals surface area (Å²) in [5, 5.41) is 7.56. The number of para-hydroxylation sites is 1. The lowest BCUT2D eigenvalue weighted by Crippen LogP contribution is -2.41. The molecule has 25 heavy (non-hydrogen) atoms. The molecular weight excluding hydrogens is 320 g/mol. The minimum Gasteiger partial charge on any atom is -0.361 e. The molecule has 1 aliphatic heterocycles. The molecule has 2 aromatic heterocycles. The van der Waals surface area contributed by atoms with Gasteiger partial charge in [0, 0.05) is 36.1 Å². The number of anilines is 1. The van der Waals surface area contributed by atoms with Gasteiger partial charge in [0.25, 0.3) is 0 Å². The number of aromatic nitrogens is 2. The van der Waals surface area contributed by atoms with Crippen molar-refractivity contribution in [2.75, 3.05) is 5.32 Å². The Morgan fingerprint density at radius 1 is 1.44 bits per heavy atom. The summed E-state index contributed by atoms with van der Waals surface area (Å²) in [5.41, 5.74) is 2.02. The maximum absolute atomic E-state index is 12.6. The van der Waals surface area contributed by atoms with Crippen molar-refractivity contribution in [1.29, 1.82) is 0 Å². The Labute approximate surface area is 144 Å². The van der Waals surface area contributed by atoms with E-state index in [-0.39, 0.29) is 11.8 Å². The first-order valence-corrected chi connectivity index (χ1v) is 8.20. The fourth-order valence-corrected chi connectivity index (χ4v) is 3.29. The lowest BCUT2D eigenvalue weighted by atomic mass is 10.1. The number of likely N-dealkylation sites (tertiary alicyclic amines) is 1. The molecule has 1 fully saturated rings. The second-order valence-electron chi connectivity index (χ2n) is 6.25. The normalized spacial score (nSPS) is 17.4. The minimum atomic E-state index is -0.502. The van der Waals surface area contributed by atoms with Crippen molar-refractivity contribution in [2.45, 2.75) is 32.4 Å². The molecule has 3 aromatic rings. The molecule has 1 atom stereocenters. The van der Waals surface area contributed by atoms with Crippen molar-refractivity contribution in [2.24, 2.45) is 0 Å². The van der Waals surface area contributed by atoms with E-state index >= 15 is 0 Å². The third kappa shape index (κ3) is 2.88. The quantitative estimate of drug-likeness (QED) is 0.765. The third-order valence-corrected chi connectivity index (χ3v) is 4.53. The highest BCUT2D eigenvalue weighted by atomic mass is 16.5. The SMILES string of the molecule is Cc1cc(NC(=O)C2CCC(=O)N2Cc2c[nH]c3ccccc23)no1. The first kappa shape index (κ1) is 15.4. The van der Waals surface area contributed by atoms with Crippen molar-refractivity contribution in [3.05, 3.63) is 47.9 Å². The van der Waals surface area contributed by atoms with Crippen LogP contribution < -0.4 is 5.32 Å². The van der Waals surface area contributed by atoms with Gasteiger partial charge in [0.05, 0.1) is 0 Å². The lowest BCUT2D eigenvalue weighted by molar-refractivity contribution is -0.133. The first-order chi connectivity index (χ1) is 12.1. The number of benzene rings is 1. The van der Waals surface area contributed by atoms with Gasteiger partial charge in [0.15, 0.2) is 5.82 Å². The highest BCUT2D eigenvalue weighted by Crippen LogP contribution is 2.26. The summed E-state index contributed by atoms with van der Waals surface area (Å²) in [6.45, 7) is 2.16. The van der Waals surface area contributed by atoms with Gasteiger partial charge in [-0.3, -0.25) is 9.59 Å². The summed E-state index contributed by atoms with van der Waals surface area (Å²) in [6, 6.07) is 9.07. The summed E-state index contributed by atoms with van der Waals surface area (Å²) in [5.74, 6) is 0.739. The lowest BCUT2D eigenvalue weighted by Gasteiger charge is -2.23. The van der Waals surface area contributed by atoms with Crippen LogP contribution in [0.25, 0.3) is 10.9 Å². The van der Waals surface area contributed by atoms with Crippen LogP contribution in [0.4, 0.5) is 5.82 Å². The van der Waals surface area contributed by atoms with Crippen LogP contribution in [0.1, 0.15) is 24.2 Å². The number of nitrogens with one attached hydrogen (secondary N) is 2. The molecule has 2 N–H and O–H groups in total. The largest absolute Gasteiger partial charge is 0.361 e. The van der Waals surface area contributed by atoms with Gasteiger partial charge in [-0.2, -0.15) is 0 Å². The van der Waals surface area contributed by atoms with E-state index in [1.807, 2.05) is 30.5 Å². The zero-order chi connectivity index (χ0) is 17.4. The van der Waals surface area contributed by atoms with E-state index in [2.05, 4.69) is 15.5 Å². The maximum atomic E-state index is 12.6. The van der Waals surface area contributed by atoms with E-state index in [0.29, 0.717) is 31.0 Å². The van der Waals surface area contributed by atoms with Crippen molar-refractivity contribution < 1.29 is 14.1 Å². The number of carbonyl (C=O) groups excluding carboxylic acids is 2. The zero-order valence-electron chi connectivity index (χ0n) is 13.8. The van der Waals surface area contributed by atoms with E-state index < -0.39 is 6.04 Å². The van der Waals surface area contributed by atoms with Gasteiger partial charge in [-0.15, -0.1) is 0 Å². The van der Waals surface area contributed by atoms with Gasteiger partial charge < -0.3 is 19.7 Å². The van der Waals surface area contributed by atoms with Crippen molar-refractivity contribution in [1.82, 2.24) is 15.0 Å². The van der Waals surface area contributed by atoms with Gasteiger partial charge >= 0.3 is 0 Å². The van der Waals surface area contributed by atoms with Crippen LogP contribution in [-0.4, -0.2) is 32.9 Å². The number of hydrogen-bond acceptors (Lipinski definition) is 4. The molecule has 0 saturated carbocycles. The number of fused-ring (bicyclic) bond motifs is 1. The molecule has 1 aliphatic rings. The number of nitrogens with zero attached hydrogens (tertiary/aromatic N) is 2. The van der Waals surface area contributed by atoms with Gasteiger partial charge in [0.2, 0.25) is 11.8 Å². The predicted molar refractivity (Wildman–Crippen MR) is 91.7 cm³/mol. The van der Waals surface area contributed by atoms with Crippen molar-refractivity contribution in [3.8, 4) is 0 Å². The molecule has 0 radical (unpaired) electrons. The number of rotatable bonds is 4. The molecule has 0 bridgehead atoms. The Morgan fingerprint density at radius 2 is 2.28 bits per heavy atom. The number of aromatic amines is 1. The van der Waals surface area contributed by atoms with Crippen LogP contribution in [0.15, 0.2) is 41.1 Å². The van der Waals surface area contributed by atoms with Crippen LogP contribution in [0.3, 0.4) is 0 Å². The van der Waals surface area contributed by atoms with E-state index in [0.717, 1.165) is 16.5 Å². The number of hydrogen-bond donors (Lipinski definition) is 2. The smallest absolute Gasteiger partial charge is 0.248 e. The zero-order valence-corrected chi connectivity index (χ0v) is 13.8. The summed E-state index contributed by atoms with van der Waals surface area (Å²) in [7, 11) is 0. The van der Waals surface area contributed by atoms with E-state index in [4.69, 9.17) is 4.52 Å². The fraction of sp³-hybridized carbons (Fsp3) is 0.278. The summed E-state index contributed by atoms with van der Waals surface area (Å²) in [6.07, 6.45) is 2.77. The topological polar surface area (TPSA) is 91.2 Å². The predicted octanol–water partition coefficient (Wildman–Crippen LogP) is 2.59. The van der Waals surface area contributed by atoms with Gasteiger partial charge in [-0.05, 0) is 25.0 Å². The van der Waals surface area contributed by atoms with Crippen LogP contribution in [0.2, 0.25) is 0 Å².